The molecule has 6 fully saturated rings. The average Bonchev–Trinajstić information content (AvgIpc) is 3.33. The summed E-state index contributed by atoms with van der Waals surface area (Å²) in [5, 5.41) is 6.50. The second-order valence-electron chi connectivity index (χ2n) is 12.6. The van der Waals surface area contributed by atoms with Gasteiger partial charge in [-0.15, -0.1) is 0 Å². The van der Waals surface area contributed by atoms with E-state index in [2.05, 4.69) is 27.6 Å². The van der Waals surface area contributed by atoms with Gasteiger partial charge in [0.2, 0.25) is 0 Å². The topological polar surface area (TPSA) is 78.7 Å². The number of imidazole rings is 1. The van der Waals surface area contributed by atoms with Gasteiger partial charge in [-0.25, -0.2) is 4.98 Å². The zero-order valence-electron chi connectivity index (χ0n) is 20.7. The maximum Gasteiger partial charge on any atom is 0.271 e. The summed E-state index contributed by atoms with van der Waals surface area (Å²) >= 11 is 0. The van der Waals surface area contributed by atoms with Crippen LogP contribution in [0.3, 0.4) is 0 Å². The SMILES string of the molecule is CN1C2CCC1CC(NC(=O)c1cn3c(C(=O)NCC45CC6CC(CC(C6)C4)C5)cccc3n1)C2. The van der Waals surface area contributed by atoms with Gasteiger partial charge in [-0.05, 0) is 107 Å². The van der Waals surface area contributed by atoms with Crippen LogP contribution in [0.25, 0.3) is 5.65 Å². The predicted molar refractivity (Wildman–Crippen MR) is 133 cm³/mol. The summed E-state index contributed by atoms with van der Waals surface area (Å²) in [4.78, 5) is 33.4. The Morgan fingerprint density at radius 3 is 2.29 bits per heavy atom. The Kier molecular flexibility index (Phi) is 5.02. The summed E-state index contributed by atoms with van der Waals surface area (Å²) in [6, 6.07) is 6.90. The fraction of sp³-hybridized carbons (Fsp3) is 0.679. The van der Waals surface area contributed by atoms with Gasteiger partial charge in [0.15, 0.2) is 0 Å². The molecule has 4 aliphatic carbocycles. The first-order valence-electron chi connectivity index (χ1n) is 13.7. The highest BCUT2D eigenvalue weighted by Gasteiger charge is 2.50. The molecule has 0 spiro atoms. The molecular weight excluding hydrogens is 438 g/mol. The molecule has 4 saturated carbocycles. The van der Waals surface area contributed by atoms with E-state index in [1.165, 1.54) is 51.4 Å². The van der Waals surface area contributed by atoms with Crippen molar-refractivity contribution in [3.05, 3.63) is 35.8 Å². The molecule has 4 heterocycles. The van der Waals surface area contributed by atoms with Crippen molar-refractivity contribution in [2.24, 2.45) is 23.2 Å². The molecular formula is C28H37N5O2. The van der Waals surface area contributed by atoms with Gasteiger partial charge in [-0.2, -0.15) is 0 Å². The zero-order chi connectivity index (χ0) is 23.7. The van der Waals surface area contributed by atoms with Crippen molar-refractivity contribution in [3.8, 4) is 0 Å². The van der Waals surface area contributed by atoms with Gasteiger partial charge in [-0.3, -0.25) is 14.0 Å². The Labute approximate surface area is 207 Å². The summed E-state index contributed by atoms with van der Waals surface area (Å²) in [5.74, 6) is 2.41. The molecule has 2 amide bonds. The number of nitrogens with zero attached hydrogens (tertiary/aromatic N) is 3. The van der Waals surface area contributed by atoms with Gasteiger partial charge < -0.3 is 15.5 Å². The summed E-state index contributed by atoms with van der Waals surface area (Å²) in [5.41, 5.74) is 1.88. The second kappa shape index (κ2) is 8.05. The van der Waals surface area contributed by atoms with Gasteiger partial charge in [0.1, 0.15) is 17.0 Å². The number of carbonyl (C=O) groups is 2. The Hall–Kier alpha value is -2.41. The van der Waals surface area contributed by atoms with Crippen molar-refractivity contribution in [2.75, 3.05) is 13.6 Å². The van der Waals surface area contributed by atoms with Crippen molar-refractivity contribution in [3.63, 3.8) is 0 Å². The number of amides is 2. The largest absolute Gasteiger partial charge is 0.350 e. The molecule has 2 N–H and O–H groups in total. The predicted octanol–water partition coefficient (Wildman–Crippen LogP) is 3.64. The van der Waals surface area contributed by atoms with Crippen LogP contribution in [-0.2, 0) is 0 Å². The molecule has 6 aliphatic rings. The van der Waals surface area contributed by atoms with Crippen LogP contribution < -0.4 is 10.6 Å². The molecule has 2 aromatic rings. The monoisotopic (exact) mass is 475 g/mol. The Morgan fingerprint density at radius 2 is 1.63 bits per heavy atom. The van der Waals surface area contributed by atoms with Gasteiger partial charge in [0.05, 0.1) is 0 Å². The standard InChI is InChI=1S/C28H37N5O2/c1-32-21-5-6-22(32)11-20(10-21)30-26(34)23-15-33-24(3-2-4-25(33)31-23)27(35)29-16-28-12-17-7-18(13-28)9-19(8-17)14-28/h2-4,15,17-22H,5-14,16H2,1H3,(H,29,35)(H,30,34). The molecule has 2 unspecified atom stereocenters. The normalized spacial score (nSPS) is 37.6. The van der Waals surface area contributed by atoms with E-state index >= 15 is 0 Å². The minimum atomic E-state index is -0.137. The van der Waals surface area contributed by atoms with Crippen LogP contribution in [0.1, 0.15) is 85.2 Å². The third-order valence-electron chi connectivity index (χ3n) is 10.2. The molecule has 2 aromatic heterocycles. The van der Waals surface area contributed by atoms with Crippen LogP contribution in [0.5, 0.6) is 0 Å². The van der Waals surface area contributed by atoms with E-state index in [1.54, 1.807) is 10.6 Å². The number of rotatable bonds is 5. The number of carbonyl (C=O) groups excluding carboxylic acids is 2. The number of fused-ring (bicyclic) bond motifs is 3. The van der Waals surface area contributed by atoms with Crippen molar-refractivity contribution < 1.29 is 9.59 Å². The highest BCUT2D eigenvalue weighted by Crippen LogP contribution is 2.59. The van der Waals surface area contributed by atoms with E-state index in [9.17, 15) is 9.59 Å². The number of hydrogen-bond acceptors (Lipinski definition) is 4. The summed E-state index contributed by atoms with van der Waals surface area (Å²) in [6.45, 7) is 0.770. The van der Waals surface area contributed by atoms with E-state index in [4.69, 9.17) is 0 Å². The lowest BCUT2D eigenvalue weighted by molar-refractivity contribution is -0.0503. The highest BCUT2D eigenvalue weighted by molar-refractivity contribution is 5.95. The van der Waals surface area contributed by atoms with E-state index in [1.807, 2.05) is 18.2 Å². The number of hydrogen-bond donors (Lipinski definition) is 2. The lowest BCUT2D eigenvalue weighted by Gasteiger charge is -2.56. The van der Waals surface area contributed by atoms with E-state index < -0.39 is 0 Å². The molecule has 7 nitrogen and oxygen atoms in total. The van der Waals surface area contributed by atoms with Crippen molar-refractivity contribution in [2.45, 2.75) is 82.3 Å². The van der Waals surface area contributed by atoms with Crippen molar-refractivity contribution in [1.82, 2.24) is 24.9 Å². The third-order valence-corrected chi connectivity index (χ3v) is 10.2. The molecule has 0 radical (unpaired) electrons. The fourth-order valence-electron chi connectivity index (χ4n) is 8.96. The first-order valence-corrected chi connectivity index (χ1v) is 13.7. The lowest BCUT2D eigenvalue weighted by Crippen LogP contribution is -2.51. The van der Waals surface area contributed by atoms with Crippen molar-refractivity contribution >= 4 is 17.5 Å². The smallest absolute Gasteiger partial charge is 0.271 e. The van der Waals surface area contributed by atoms with Crippen LogP contribution in [0.4, 0.5) is 0 Å². The maximum atomic E-state index is 13.3. The van der Waals surface area contributed by atoms with Gasteiger partial charge >= 0.3 is 0 Å². The van der Waals surface area contributed by atoms with E-state index in [-0.39, 0.29) is 17.9 Å². The maximum absolute atomic E-state index is 13.3. The summed E-state index contributed by atoms with van der Waals surface area (Å²) in [7, 11) is 2.21. The lowest BCUT2D eigenvalue weighted by atomic mass is 9.49. The molecule has 2 atom stereocenters. The van der Waals surface area contributed by atoms with Crippen LogP contribution in [0.2, 0.25) is 0 Å². The number of pyridine rings is 1. The summed E-state index contributed by atoms with van der Waals surface area (Å²) in [6.07, 6.45) is 14.2. The number of nitrogens with one attached hydrogen (secondary N) is 2. The van der Waals surface area contributed by atoms with Crippen LogP contribution >= 0.6 is 0 Å². The Morgan fingerprint density at radius 1 is 0.971 bits per heavy atom. The third kappa shape index (κ3) is 3.78. The molecule has 2 saturated heterocycles. The van der Waals surface area contributed by atoms with Gasteiger partial charge in [0.25, 0.3) is 11.8 Å². The first-order chi connectivity index (χ1) is 16.9. The summed E-state index contributed by atoms with van der Waals surface area (Å²) < 4.78 is 1.78. The Bertz CT molecular complexity index is 1120. The van der Waals surface area contributed by atoms with Crippen molar-refractivity contribution in [1.29, 1.82) is 0 Å². The quantitative estimate of drug-likeness (QED) is 0.692. The minimum Gasteiger partial charge on any atom is -0.350 e. The highest BCUT2D eigenvalue weighted by atomic mass is 16.2. The average molecular weight is 476 g/mol. The number of aromatic nitrogens is 2. The fourth-order valence-corrected chi connectivity index (χ4v) is 8.96. The second-order valence-corrected chi connectivity index (χ2v) is 12.6. The van der Waals surface area contributed by atoms with Gasteiger partial charge in [0, 0.05) is 30.9 Å². The molecule has 2 aliphatic heterocycles. The number of piperidine rings is 1. The minimum absolute atomic E-state index is 0.0670. The van der Waals surface area contributed by atoms with Crippen LogP contribution in [-0.4, -0.2) is 57.8 Å². The molecule has 6 bridgehead atoms. The van der Waals surface area contributed by atoms with E-state index in [0.717, 1.165) is 37.1 Å². The van der Waals surface area contributed by atoms with E-state index in [0.29, 0.717) is 34.5 Å². The Balaban J connectivity index is 1.05. The zero-order valence-corrected chi connectivity index (χ0v) is 20.7. The van der Waals surface area contributed by atoms with Gasteiger partial charge in [-0.1, -0.05) is 6.07 Å². The molecule has 186 valence electrons. The molecule has 35 heavy (non-hydrogen) atoms. The molecule has 0 aromatic carbocycles. The van der Waals surface area contributed by atoms with Crippen LogP contribution in [0, 0.1) is 23.2 Å². The molecule has 7 heteroatoms. The first kappa shape index (κ1) is 21.8. The van der Waals surface area contributed by atoms with Crippen LogP contribution in [0.15, 0.2) is 24.4 Å². The molecule has 8 rings (SSSR count).